The predicted octanol–water partition coefficient (Wildman–Crippen LogP) is 6.00. The van der Waals surface area contributed by atoms with Gasteiger partial charge in [-0.2, -0.15) is 13.2 Å². The molecule has 2 aliphatic rings. The molecule has 3 N–H and O–H groups in total. The standard InChI is InChI=1S/C35H34N2O6.C2HF3O2/c1-41-27-15-12-25(13-16-27)34-33(35(39)40)28(26-14-17-30-31(19-26)43-22-42-30)20-37(34)21-32(38)36-29(24-10-6-3-7-11-24)18-23-8-4-2-5-9-23;3-2(4,5)1(6)7/h2-17,19,28-29,33-34H,18,20-22H2,1H3,(H,36,38)(H,39,40);(H,6,7)/t28-,29?,33-,34+;/m1./s1. The molecule has 4 aromatic rings. The molecule has 0 bridgehead atoms. The third-order valence-electron chi connectivity index (χ3n) is 8.57. The molecule has 2 aliphatic heterocycles. The van der Waals surface area contributed by atoms with Crippen LogP contribution in [0.4, 0.5) is 13.2 Å². The van der Waals surface area contributed by atoms with Gasteiger partial charge in [0.15, 0.2) is 11.5 Å². The number of carboxylic acid groups (broad SMARTS) is 2. The molecule has 0 radical (unpaired) electrons. The number of rotatable bonds is 10. The normalized spacial score (nSPS) is 18.8. The molecule has 1 amide bonds. The molecule has 1 fully saturated rings. The van der Waals surface area contributed by atoms with Crippen molar-refractivity contribution in [3.63, 3.8) is 0 Å². The smallest absolute Gasteiger partial charge is 0.490 e. The van der Waals surface area contributed by atoms with Crippen LogP contribution >= 0.6 is 0 Å². The molecule has 13 heteroatoms. The van der Waals surface area contributed by atoms with Gasteiger partial charge in [-0.25, -0.2) is 4.79 Å². The van der Waals surface area contributed by atoms with Crippen LogP contribution in [0.5, 0.6) is 17.2 Å². The van der Waals surface area contributed by atoms with Gasteiger partial charge in [-0.3, -0.25) is 14.5 Å². The second-order valence-corrected chi connectivity index (χ2v) is 11.8. The Morgan fingerprint density at radius 3 is 2.08 bits per heavy atom. The molecule has 0 saturated carbocycles. The van der Waals surface area contributed by atoms with Gasteiger partial charge in [-0.15, -0.1) is 0 Å². The molecule has 6 rings (SSSR count). The number of carbonyl (C=O) groups excluding carboxylic acids is 1. The van der Waals surface area contributed by atoms with E-state index < -0.39 is 30.1 Å². The van der Waals surface area contributed by atoms with E-state index in [-0.39, 0.29) is 31.2 Å². The molecule has 4 aromatic carbocycles. The maximum Gasteiger partial charge on any atom is 0.490 e. The minimum Gasteiger partial charge on any atom is -0.497 e. The molecule has 2 heterocycles. The number of carboxylic acids is 2. The van der Waals surface area contributed by atoms with E-state index in [1.165, 1.54) is 0 Å². The van der Waals surface area contributed by atoms with Crippen LogP contribution in [0.15, 0.2) is 103 Å². The number of halogens is 3. The SMILES string of the molecule is COc1ccc([C@H]2[C@H](C(=O)O)[C@@H](c3ccc4c(c3)OCO4)CN2CC(=O)NC(Cc2ccccc2)c2ccccc2)cc1.O=C(O)C(F)(F)F. The van der Waals surface area contributed by atoms with Gasteiger partial charge in [-0.05, 0) is 52.9 Å². The lowest BCUT2D eigenvalue weighted by Crippen LogP contribution is -2.40. The lowest BCUT2D eigenvalue weighted by atomic mass is 9.82. The van der Waals surface area contributed by atoms with E-state index in [2.05, 4.69) is 17.4 Å². The largest absolute Gasteiger partial charge is 0.497 e. The van der Waals surface area contributed by atoms with Crippen LogP contribution in [0.25, 0.3) is 0 Å². The summed E-state index contributed by atoms with van der Waals surface area (Å²) >= 11 is 0. The average molecular weight is 693 g/mol. The zero-order valence-corrected chi connectivity index (χ0v) is 26.9. The van der Waals surface area contributed by atoms with Crippen LogP contribution in [-0.4, -0.2) is 66.1 Å². The van der Waals surface area contributed by atoms with Crippen LogP contribution in [0.3, 0.4) is 0 Å². The number of hydrogen-bond acceptors (Lipinski definition) is 7. The summed E-state index contributed by atoms with van der Waals surface area (Å²) in [5.74, 6) is -3.09. The fraction of sp³-hybridized carbons (Fsp3) is 0.270. The Hall–Kier alpha value is -5.56. The van der Waals surface area contributed by atoms with Crippen molar-refractivity contribution in [2.45, 2.75) is 30.6 Å². The molecule has 10 nitrogen and oxygen atoms in total. The number of fused-ring (bicyclic) bond motifs is 1. The van der Waals surface area contributed by atoms with Crippen LogP contribution in [0.2, 0.25) is 0 Å². The van der Waals surface area contributed by atoms with E-state index >= 15 is 0 Å². The Morgan fingerprint density at radius 1 is 0.880 bits per heavy atom. The van der Waals surface area contributed by atoms with Gasteiger partial charge in [-0.1, -0.05) is 78.9 Å². The van der Waals surface area contributed by atoms with Gasteiger partial charge in [0, 0.05) is 18.5 Å². The first kappa shape index (κ1) is 35.7. The van der Waals surface area contributed by atoms with Crippen LogP contribution in [-0.2, 0) is 20.8 Å². The van der Waals surface area contributed by atoms with Crippen molar-refractivity contribution >= 4 is 17.8 Å². The number of nitrogens with zero attached hydrogens (tertiary/aromatic N) is 1. The quantitative estimate of drug-likeness (QED) is 0.183. The van der Waals surface area contributed by atoms with Crippen molar-refractivity contribution in [2.75, 3.05) is 27.0 Å². The fourth-order valence-electron chi connectivity index (χ4n) is 6.28. The first-order valence-electron chi connectivity index (χ1n) is 15.6. The van der Waals surface area contributed by atoms with Crippen LogP contribution in [0.1, 0.15) is 40.3 Å². The van der Waals surface area contributed by atoms with E-state index in [0.29, 0.717) is 30.2 Å². The summed E-state index contributed by atoms with van der Waals surface area (Å²) in [6, 6.07) is 32.2. The number of aliphatic carboxylic acids is 2. The van der Waals surface area contributed by atoms with Crippen molar-refractivity contribution in [2.24, 2.45) is 5.92 Å². The number of likely N-dealkylation sites (tertiary alicyclic amines) is 1. The van der Waals surface area contributed by atoms with E-state index in [9.17, 15) is 27.9 Å². The lowest BCUT2D eigenvalue weighted by molar-refractivity contribution is -0.192. The number of alkyl halides is 3. The Balaban J connectivity index is 0.000000630. The first-order valence-corrected chi connectivity index (χ1v) is 15.6. The summed E-state index contributed by atoms with van der Waals surface area (Å²) in [4.78, 5) is 37.6. The highest BCUT2D eigenvalue weighted by atomic mass is 19.4. The summed E-state index contributed by atoms with van der Waals surface area (Å²) in [6.45, 7) is 0.563. The highest BCUT2D eigenvalue weighted by Gasteiger charge is 2.48. The molecule has 0 spiro atoms. The molecular weight excluding hydrogens is 657 g/mol. The van der Waals surface area contributed by atoms with E-state index in [1.54, 1.807) is 7.11 Å². The minimum atomic E-state index is -5.08. The average Bonchev–Trinajstić information content (AvgIpc) is 3.73. The first-order chi connectivity index (χ1) is 23.9. The van der Waals surface area contributed by atoms with Crippen molar-refractivity contribution in [3.8, 4) is 17.2 Å². The molecule has 0 aromatic heterocycles. The zero-order chi connectivity index (χ0) is 35.8. The fourth-order valence-corrected chi connectivity index (χ4v) is 6.28. The highest BCUT2D eigenvalue weighted by molar-refractivity contribution is 5.79. The monoisotopic (exact) mass is 692 g/mol. The Kier molecular flexibility index (Phi) is 11.3. The molecule has 262 valence electrons. The third kappa shape index (κ3) is 8.72. The number of hydrogen-bond donors (Lipinski definition) is 3. The number of amides is 1. The Labute approximate surface area is 286 Å². The second kappa shape index (κ2) is 15.8. The Bertz CT molecular complexity index is 1770. The number of methoxy groups -OCH3 is 1. The van der Waals surface area contributed by atoms with Crippen molar-refractivity contribution in [1.82, 2.24) is 10.2 Å². The number of benzene rings is 4. The maximum absolute atomic E-state index is 13.8. The van der Waals surface area contributed by atoms with Crippen molar-refractivity contribution in [1.29, 1.82) is 0 Å². The summed E-state index contributed by atoms with van der Waals surface area (Å²) in [5, 5.41) is 20.9. The third-order valence-corrected chi connectivity index (χ3v) is 8.57. The van der Waals surface area contributed by atoms with Crippen LogP contribution < -0.4 is 19.5 Å². The topological polar surface area (TPSA) is 135 Å². The lowest BCUT2D eigenvalue weighted by Gasteiger charge is -2.28. The zero-order valence-electron chi connectivity index (χ0n) is 26.9. The van der Waals surface area contributed by atoms with Gasteiger partial charge in [0.1, 0.15) is 5.75 Å². The van der Waals surface area contributed by atoms with E-state index in [0.717, 1.165) is 22.3 Å². The highest BCUT2D eigenvalue weighted by Crippen LogP contribution is 2.47. The summed E-state index contributed by atoms with van der Waals surface area (Å²) in [6.07, 6.45) is -4.45. The summed E-state index contributed by atoms with van der Waals surface area (Å²) < 4.78 is 48.2. The predicted molar refractivity (Wildman–Crippen MR) is 175 cm³/mol. The van der Waals surface area contributed by atoms with Gasteiger partial charge in [0.05, 0.1) is 25.6 Å². The van der Waals surface area contributed by atoms with Crippen molar-refractivity contribution < 1.29 is 52.0 Å². The van der Waals surface area contributed by atoms with Gasteiger partial charge >= 0.3 is 18.1 Å². The van der Waals surface area contributed by atoms with Gasteiger partial charge in [0.2, 0.25) is 12.7 Å². The molecule has 4 atom stereocenters. The van der Waals surface area contributed by atoms with Gasteiger partial charge in [0.25, 0.3) is 0 Å². The molecule has 50 heavy (non-hydrogen) atoms. The molecule has 1 saturated heterocycles. The molecule has 1 unspecified atom stereocenters. The van der Waals surface area contributed by atoms with E-state index in [1.807, 2.05) is 95.9 Å². The summed E-state index contributed by atoms with van der Waals surface area (Å²) in [5.41, 5.74) is 3.77. The molecule has 0 aliphatic carbocycles. The number of nitrogens with one attached hydrogen (secondary N) is 1. The van der Waals surface area contributed by atoms with Crippen molar-refractivity contribution in [3.05, 3.63) is 125 Å². The minimum absolute atomic E-state index is 0.0413. The Morgan fingerprint density at radius 2 is 1.48 bits per heavy atom. The van der Waals surface area contributed by atoms with Crippen LogP contribution in [0, 0.1) is 5.92 Å². The number of carbonyl (C=O) groups is 3. The number of ether oxygens (including phenoxy) is 3. The molecular formula is C37H35F3N2O8. The second-order valence-electron chi connectivity index (χ2n) is 11.8. The van der Waals surface area contributed by atoms with Gasteiger partial charge < -0.3 is 29.7 Å². The summed E-state index contributed by atoms with van der Waals surface area (Å²) in [7, 11) is 1.59. The van der Waals surface area contributed by atoms with E-state index in [4.69, 9.17) is 24.1 Å². The maximum atomic E-state index is 13.8.